The average Bonchev–Trinajstić information content (AvgIpc) is 3.27. The maximum absolute atomic E-state index is 12.5. The summed E-state index contributed by atoms with van der Waals surface area (Å²) < 4.78 is 18.8. The Morgan fingerprint density at radius 1 is 1.00 bits per heavy atom. The van der Waals surface area contributed by atoms with Gasteiger partial charge in [-0.2, -0.15) is 0 Å². The molecule has 3 nitrogen and oxygen atoms in total. The number of hydrogen-bond donors (Lipinski definition) is 0. The van der Waals surface area contributed by atoms with Crippen molar-refractivity contribution in [2.24, 2.45) is 0 Å². The first-order chi connectivity index (χ1) is 18.6. The standard InChI is InChI=1S/C32H32Cl2FNO2/c33-25-8-12-29(31(34)20-25)30-4-1-3-24-19-22(14-18-37)5-11-28(24)32(30)23-6-9-26(10-7-23)38-27-13-17-36(21-27)16-2-15-35/h5-12,18-20,27H,1-4,13-17,21H2/t27-/m0/s1. The average molecular weight is 553 g/mol. The van der Waals surface area contributed by atoms with E-state index in [0.717, 1.165) is 79.6 Å². The zero-order valence-electron chi connectivity index (χ0n) is 21.4. The van der Waals surface area contributed by atoms with Gasteiger partial charge >= 0.3 is 0 Å². The molecule has 198 valence electrons. The number of rotatable bonds is 9. The van der Waals surface area contributed by atoms with E-state index in [9.17, 15) is 9.18 Å². The first kappa shape index (κ1) is 26.9. The van der Waals surface area contributed by atoms with Crippen LogP contribution in [-0.4, -0.2) is 43.6 Å². The SMILES string of the molecule is O=CCc1ccc2c(c1)CCCC(c1ccc(Cl)cc1Cl)=C2c1ccc(O[C@H]2CCN(CCCF)C2)cc1. The molecule has 3 aromatic rings. The molecular weight excluding hydrogens is 520 g/mol. The first-order valence-electron chi connectivity index (χ1n) is 13.4. The number of nitrogens with zero attached hydrogens (tertiary/aromatic N) is 1. The van der Waals surface area contributed by atoms with Gasteiger partial charge < -0.3 is 9.53 Å². The summed E-state index contributed by atoms with van der Waals surface area (Å²) in [6.45, 7) is 2.30. The number of aldehydes is 1. The van der Waals surface area contributed by atoms with Crippen LogP contribution in [0.1, 0.15) is 53.5 Å². The highest BCUT2D eigenvalue weighted by Gasteiger charge is 2.25. The normalized spacial score (nSPS) is 17.8. The molecule has 1 fully saturated rings. The van der Waals surface area contributed by atoms with Crippen molar-refractivity contribution in [3.63, 3.8) is 0 Å². The van der Waals surface area contributed by atoms with Crippen LogP contribution in [0.2, 0.25) is 10.0 Å². The molecule has 38 heavy (non-hydrogen) atoms. The van der Waals surface area contributed by atoms with Gasteiger partial charge in [0.2, 0.25) is 0 Å². The van der Waals surface area contributed by atoms with E-state index >= 15 is 0 Å². The van der Waals surface area contributed by atoms with E-state index in [0.29, 0.717) is 22.9 Å². The molecule has 3 aromatic carbocycles. The van der Waals surface area contributed by atoms with Crippen molar-refractivity contribution < 1.29 is 13.9 Å². The van der Waals surface area contributed by atoms with Crippen molar-refractivity contribution in [2.45, 2.75) is 44.6 Å². The Kier molecular flexibility index (Phi) is 8.83. The molecule has 0 saturated carbocycles. The number of hydrogen-bond acceptors (Lipinski definition) is 3. The van der Waals surface area contributed by atoms with Gasteiger partial charge in [0, 0.05) is 36.1 Å². The van der Waals surface area contributed by atoms with Gasteiger partial charge in [-0.15, -0.1) is 0 Å². The van der Waals surface area contributed by atoms with Gasteiger partial charge in [0.1, 0.15) is 18.1 Å². The fourth-order valence-electron chi connectivity index (χ4n) is 5.67. The smallest absolute Gasteiger partial charge is 0.124 e. The second-order valence-corrected chi connectivity index (χ2v) is 10.9. The Morgan fingerprint density at radius 2 is 1.82 bits per heavy atom. The maximum Gasteiger partial charge on any atom is 0.124 e. The minimum absolute atomic E-state index is 0.123. The Morgan fingerprint density at radius 3 is 2.58 bits per heavy atom. The number of aryl methyl sites for hydroxylation is 1. The molecular formula is C32H32Cl2FNO2. The number of ether oxygens (including phenoxy) is 1. The van der Waals surface area contributed by atoms with E-state index in [1.807, 2.05) is 30.3 Å². The van der Waals surface area contributed by atoms with E-state index in [1.165, 1.54) is 16.7 Å². The molecule has 1 saturated heterocycles. The number of allylic oxidation sites excluding steroid dienone is 1. The molecule has 1 aliphatic heterocycles. The molecule has 1 heterocycles. The Balaban J connectivity index is 1.50. The monoisotopic (exact) mass is 551 g/mol. The number of halogens is 3. The van der Waals surface area contributed by atoms with Crippen molar-refractivity contribution in [3.05, 3.63) is 98.5 Å². The number of benzene rings is 3. The van der Waals surface area contributed by atoms with Crippen molar-refractivity contribution >= 4 is 40.6 Å². The predicted octanol–water partition coefficient (Wildman–Crippen LogP) is 7.84. The predicted molar refractivity (Wildman–Crippen MR) is 154 cm³/mol. The van der Waals surface area contributed by atoms with Gasteiger partial charge in [-0.1, -0.05) is 59.6 Å². The first-order valence-corrected chi connectivity index (χ1v) is 14.1. The van der Waals surface area contributed by atoms with E-state index in [1.54, 1.807) is 6.07 Å². The molecule has 1 aliphatic carbocycles. The summed E-state index contributed by atoms with van der Waals surface area (Å²) in [7, 11) is 0. The van der Waals surface area contributed by atoms with Gasteiger partial charge in [0.15, 0.2) is 0 Å². The topological polar surface area (TPSA) is 29.5 Å². The molecule has 1 atom stereocenters. The van der Waals surface area contributed by atoms with Crippen LogP contribution in [0.3, 0.4) is 0 Å². The molecule has 0 radical (unpaired) electrons. The lowest BCUT2D eigenvalue weighted by Crippen LogP contribution is -2.26. The zero-order chi connectivity index (χ0) is 26.5. The second kappa shape index (κ2) is 12.5. The van der Waals surface area contributed by atoms with Crippen LogP contribution in [0, 0.1) is 0 Å². The summed E-state index contributed by atoms with van der Waals surface area (Å²) in [6.07, 6.45) is 5.82. The summed E-state index contributed by atoms with van der Waals surface area (Å²) >= 11 is 13.0. The molecule has 0 unspecified atom stereocenters. The molecule has 6 heteroatoms. The molecule has 0 N–H and O–H groups in total. The van der Waals surface area contributed by atoms with Crippen molar-refractivity contribution in [1.82, 2.24) is 4.90 Å². The van der Waals surface area contributed by atoms with Crippen LogP contribution < -0.4 is 4.74 Å². The third kappa shape index (κ3) is 6.14. The summed E-state index contributed by atoms with van der Waals surface area (Å²) in [5, 5.41) is 1.26. The fourth-order valence-corrected chi connectivity index (χ4v) is 6.19. The van der Waals surface area contributed by atoms with E-state index in [4.69, 9.17) is 27.9 Å². The molecule has 0 bridgehead atoms. The summed E-state index contributed by atoms with van der Waals surface area (Å²) in [6, 6.07) is 20.4. The number of alkyl halides is 1. The van der Waals surface area contributed by atoms with Crippen LogP contribution in [0.5, 0.6) is 5.75 Å². The third-order valence-corrected chi connectivity index (χ3v) is 8.02. The Hall–Kier alpha value is -2.66. The minimum atomic E-state index is -0.274. The van der Waals surface area contributed by atoms with Crippen molar-refractivity contribution in [2.75, 3.05) is 26.3 Å². The lowest BCUT2D eigenvalue weighted by atomic mass is 9.87. The number of carbonyl (C=O) groups excluding carboxylic acids is 1. The molecule has 0 aromatic heterocycles. The highest BCUT2D eigenvalue weighted by atomic mass is 35.5. The molecule has 0 amide bonds. The van der Waals surface area contributed by atoms with Crippen LogP contribution in [0.15, 0.2) is 60.7 Å². The lowest BCUT2D eigenvalue weighted by Gasteiger charge is -2.19. The highest BCUT2D eigenvalue weighted by Crippen LogP contribution is 2.42. The third-order valence-electron chi connectivity index (χ3n) is 7.47. The van der Waals surface area contributed by atoms with Gasteiger partial charge in [0.05, 0.1) is 6.67 Å². The van der Waals surface area contributed by atoms with Gasteiger partial charge in [0.25, 0.3) is 0 Å². The van der Waals surface area contributed by atoms with Gasteiger partial charge in [-0.05, 0) is 95.3 Å². The summed E-state index contributed by atoms with van der Waals surface area (Å²) in [4.78, 5) is 13.4. The Bertz CT molecular complexity index is 1320. The van der Waals surface area contributed by atoms with Crippen LogP contribution in [-0.2, 0) is 17.6 Å². The van der Waals surface area contributed by atoms with Gasteiger partial charge in [-0.25, -0.2) is 0 Å². The maximum atomic E-state index is 12.5. The second-order valence-electron chi connectivity index (χ2n) is 10.1. The molecule has 0 spiro atoms. The Labute approximate surface area is 234 Å². The minimum Gasteiger partial charge on any atom is -0.489 e. The quantitative estimate of drug-likeness (QED) is 0.253. The van der Waals surface area contributed by atoms with Crippen LogP contribution in [0.4, 0.5) is 4.39 Å². The van der Waals surface area contributed by atoms with E-state index < -0.39 is 0 Å². The van der Waals surface area contributed by atoms with Crippen LogP contribution >= 0.6 is 23.2 Å². The van der Waals surface area contributed by atoms with Crippen LogP contribution in [0.25, 0.3) is 11.1 Å². The van der Waals surface area contributed by atoms with E-state index in [-0.39, 0.29) is 12.8 Å². The summed E-state index contributed by atoms with van der Waals surface area (Å²) in [5.41, 5.74) is 7.90. The van der Waals surface area contributed by atoms with Gasteiger partial charge in [-0.3, -0.25) is 9.29 Å². The highest BCUT2D eigenvalue weighted by molar-refractivity contribution is 6.36. The van der Waals surface area contributed by atoms with E-state index in [2.05, 4.69) is 29.2 Å². The van der Waals surface area contributed by atoms with Crippen molar-refractivity contribution in [3.8, 4) is 5.75 Å². The molecule has 5 rings (SSSR count). The largest absolute Gasteiger partial charge is 0.489 e. The number of carbonyl (C=O) groups is 1. The molecule has 2 aliphatic rings. The lowest BCUT2D eigenvalue weighted by molar-refractivity contribution is -0.107. The van der Waals surface area contributed by atoms with Crippen molar-refractivity contribution in [1.29, 1.82) is 0 Å². The number of fused-ring (bicyclic) bond motifs is 1. The number of likely N-dealkylation sites (tertiary alicyclic amines) is 1. The zero-order valence-corrected chi connectivity index (χ0v) is 22.9. The fraction of sp³-hybridized carbons (Fsp3) is 0.344. The summed E-state index contributed by atoms with van der Waals surface area (Å²) in [5.74, 6) is 0.841.